The highest BCUT2D eigenvalue weighted by Gasteiger charge is 2.11. The Morgan fingerprint density at radius 2 is 1.71 bits per heavy atom. The maximum absolute atomic E-state index is 9.37. The van der Waals surface area contributed by atoms with Crippen LogP contribution in [0.15, 0.2) is 66.2 Å². The number of hydrogen-bond donors (Lipinski definition) is 1. The minimum absolute atomic E-state index is 0.275. The van der Waals surface area contributed by atoms with Crippen molar-refractivity contribution in [2.45, 2.75) is 26.2 Å². The van der Waals surface area contributed by atoms with Gasteiger partial charge in [-0.3, -0.25) is 4.99 Å². The number of nitrogens with zero attached hydrogens (tertiary/aromatic N) is 1. The molecule has 0 radical (unpaired) electrons. The van der Waals surface area contributed by atoms with E-state index in [1.54, 1.807) is 25.3 Å². The summed E-state index contributed by atoms with van der Waals surface area (Å²) in [5, 5.41) is 9.37. The lowest BCUT2D eigenvalue weighted by Gasteiger charge is -2.14. The summed E-state index contributed by atoms with van der Waals surface area (Å²) in [6.45, 7) is 7.44. The van der Waals surface area contributed by atoms with Gasteiger partial charge in [0.1, 0.15) is 11.5 Å². The molecule has 1 unspecified atom stereocenters. The number of aliphatic imine (C=N–C) groups is 1. The van der Waals surface area contributed by atoms with Crippen molar-refractivity contribution in [1.82, 2.24) is 0 Å². The zero-order valence-electron chi connectivity index (χ0n) is 15.0. The van der Waals surface area contributed by atoms with Crippen LogP contribution < -0.4 is 4.74 Å². The first kappa shape index (κ1) is 19.5. The Labute approximate surface area is 145 Å². The Morgan fingerprint density at radius 1 is 1.17 bits per heavy atom. The highest BCUT2D eigenvalue weighted by molar-refractivity contribution is 6.01. The largest absolute Gasteiger partial charge is 0.508 e. The normalized spacial score (nSPS) is 11.9. The van der Waals surface area contributed by atoms with Gasteiger partial charge in [-0.15, -0.1) is 6.58 Å². The lowest BCUT2D eigenvalue weighted by molar-refractivity contribution is 0.414. The standard InChI is InChI=1S/C18H21NO2.C3H6/c1-13(14-6-10-17(21-3)11-7-14)12-18(19-2)15-4-8-16(20)9-5-15;1-3-2/h4-11,13,20H,12H2,1-3H3;3H,1H2,2H3. The van der Waals surface area contributed by atoms with E-state index in [0.717, 1.165) is 23.4 Å². The van der Waals surface area contributed by atoms with Gasteiger partial charge in [-0.2, -0.15) is 0 Å². The Bertz CT molecular complexity index is 643. The van der Waals surface area contributed by atoms with E-state index in [-0.39, 0.29) is 5.75 Å². The topological polar surface area (TPSA) is 41.8 Å². The van der Waals surface area contributed by atoms with Crippen LogP contribution >= 0.6 is 0 Å². The summed E-state index contributed by atoms with van der Waals surface area (Å²) in [7, 11) is 3.48. The van der Waals surface area contributed by atoms with E-state index >= 15 is 0 Å². The average Bonchev–Trinajstić information content (AvgIpc) is 2.61. The summed E-state index contributed by atoms with van der Waals surface area (Å²) in [6, 6.07) is 15.3. The van der Waals surface area contributed by atoms with E-state index in [1.807, 2.05) is 38.2 Å². The van der Waals surface area contributed by atoms with Crippen LogP contribution in [0.5, 0.6) is 11.5 Å². The smallest absolute Gasteiger partial charge is 0.118 e. The molecule has 3 nitrogen and oxygen atoms in total. The quantitative estimate of drug-likeness (QED) is 0.606. The molecule has 0 heterocycles. The molecule has 2 rings (SSSR count). The first-order valence-corrected chi connectivity index (χ1v) is 8.01. The summed E-state index contributed by atoms with van der Waals surface area (Å²) >= 11 is 0. The summed E-state index contributed by atoms with van der Waals surface area (Å²) < 4.78 is 5.18. The lowest BCUT2D eigenvalue weighted by atomic mass is 9.92. The third-order valence-electron chi connectivity index (χ3n) is 3.65. The number of benzene rings is 2. The number of rotatable bonds is 5. The second-order valence-electron chi connectivity index (χ2n) is 5.50. The molecule has 2 aromatic rings. The van der Waals surface area contributed by atoms with Crippen molar-refractivity contribution in [1.29, 1.82) is 0 Å². The zero-order valence-corrected chi connectivity index (χ0v) is 15.0. The zero-order chi connectivity index (χ0) is 17.9. The maximum atomic E-state index is 9.37. The molecule has 2 aromatic carbocycles. The summed E-state index contributed by atoms with van der Waals surface area (Å²) in [5.41, 5.74) is 3.35. The Kier molecular flexibility index (Phi) is 8.34. The summed E-state index contributed by atoms with van der Waals surface area (Å²) in [6.07, 6.45) is 2.60. The van der Waals surface area contributed by atoms with Gasteiger partial charge in [0.25, 0.3) is 0 Å². The molecule has 1 atom stereocenters. The number of aromatic hydroxyl groups is 1. The van der Waals surface area contributed by atoms with Crippen molar-refractivity contribution in [2.24, 2.45) is 4.99 Å². The fourth-order valence-corrected chi connectivity index (χ4v) is 2.33. The fraction of sp³-hybridized carbons (Fsp3) is 0.286. The van der Waals surface area contributed by atoms with Crippen LogP contribution in [-0.4, -0.2) is 25.0 Å². The van der Waals surface area contributed by atoms with Crippen LogP contribution in [0.1, 0.15) is 37.3 Å². The van der Waals surface area contributed by atoms with Gasteiger partial charge >= 0.3 is 0 Å². The summed E-state index contributed by atoms with van der Waals surface area (Å²) in [5.74, 6) is 1.51. The molecule has 1 N–H and O–H groups in total. The first-order valence-electron chi connectivity index (χ1n) is 8.01. The SMILES string of the molecule is C=CC.CN=C(CC(C)c1ccc(OC)cc1)c1ccc(O)cc1. The molecule has 0 saturated carbocycles. The number of phenolic OH excluding ortho intramolecular Hbond substituents is 1. The molecule has 0 spiro atoms. The van der Waals surface area contributed by atoms with Crippen LogP contribution in [0.2, 0.25) is 0 Å². The monoisotopic (exact) mass is 325 g/mol. The third-order valence-corrected chi connectivity index (χ3v) is 3.65. The van der Waals surface area contributed by atoms with Crippen LogP contribution in [-0.2, 0) is 0 Å². The third kappa shape index (κ3) is 5.92. The van der Waals surface area contributed by atoms with Gasteiger partial charge < -0.3 is 9.84 Å². The van der Waals surface area contributed by atoms with Crippen molar-refractivity contribution < 1.29 is 9.84 Å². The molecule has 3 heteroatoms. The van der Waals surface area contributed by atoms with E-state index in [2.05, 4.69) is 30.6 Å². The Morgan fingerprint density at radius 3 is 2.17 bits per heavy atom. The van der Waals surface area contributed by atoms with Crippen LogP contribution in [0.25, 0.3) is 0 Å². The van der Waals surface area contributed by atoms with Crippen molar-refractivity contribution in [3.05, 3.63) is 72.3 Å². The highest BCUT2D eigenvalue weighted by atomic mass is 16.5. The van der Waals surface area contributed by atoms with Crippen molar-refractivity contribution in [2.75, 3.05) is 14.2 Å². The average molecular weight is 325 g/mol. The number of ether oxygens (including phenoxy) is 1. The van der Waals surface area contributed by atoms with Crippen LogP contribution in [0.4, 0.5) is 0 Å². The van der Waals surface area contributed by atoms with E-state index in [9.17, 15) is 5.11 Å². The van der Waals surface area contributed by atoms with Gasteiger partial charge in [0.2, 0.25) is 0 Å². The number of phenols is 1. The van der Waals surface area contributed by atoms with Gasteiger partial charge in [0.05, 0.1) is 7.11 Å². The predicted octanol–water partition coefficient (Wildman–Crippen LogP) is 5.21. The molecular formula is C21H27NO2. The molecule has 0 aromatic heterocycles. The fourth-order valence-electron chi connectivity index (χ4n) is 2.33. The molecule has 0 aliphatic carbocycles. The molecule has 24 heavy (non-hydrogen) atoms. The van der Waals surface area contributed by atoms with Gasteiger partial charge in [0, 0.05) is 12.8 Å². The van der Waals surface area contributed by atoms with Crippen molar-refractivity contribution >= 4 is 5.71 Å². The second kappa shape index (κ2) is 10.3. The lowest BCUT2D eigenvalue weighted by Crippen LogP contribution is -2.06. The van der Waals surface area contributed by atoms with Gasteiger partial charge in [0.15, 0.2) is 0 Å². The van der Waals surface area contributed by atoms with Gasteiger partial charge in [-0.25, -0.2) is 0 Å². The molecule has 0 bridgehead atoms. The minimum atomic E-state index is 0.275. The predicted molar refractivity (Wildman–Crippen MR) is 102 cm³/mol. The van der Waals surface area contributed by atoms with Gasteiger partial charge in [-0.1, -0.05) is 25.1 Å². The second-order valence-corrected chi connectivity index (χ2v) is 5.50. The van der Waals surface area contributed by atoms with Gasteiger partial charge in [-0.05, 0) is 66.8 Å². The van der Waals surface area contributed by atoms with E-state index < -0.39 is 0 Å². The molecule has 0 saturated heterocycles. The Balaban J connectivity index is 0.000000891. The molecular weight excluding hydrogens is 298 g/mol. The highest BCUT2D eigenvalue weighted by Crippen LogP contribution is 2.24. The number of allylic oxidation sites excluding steroid dienone is 1. The number of hydrogen-bond acceptors (Lipinski definition) is 3. The van der Waals surface area contributed by atoms with E-state index in [0.29, 0.717) is 5.92 Å². The number of methoxy groups -OCH3 is 1. The van der Waals surface area contributed by atoms with Crippen molar-refractivity contribution in [3.8, 4) is 11.5 Å². The molecule has 0 fully saturated rings. The first-order chi connectivity index (χ1) is 11.5. The van der Waals surface area contributed by atoms with Crippen LogP contribution in [0, 0.1) is 0 Å². The molecule has 128 valence electrons. The van der Waals surface area contributed by atoms with Crippen LogP contribution in [0.3, 0.4) is 0 Å². The van der Waals surface area contributed by atoms with E-state index in [1.165, 1.54) is 5.56 Å². The molecule has 0 amide bonds. The Hall–Kier alpha value is -2.55. The molecule has 0 aliphatic heterocycles. The van der Waals surface area contributed by atoms with Crippen molar-refractivity contribution in [3.63, 3.8) is 0 Å². The molecule has 0 aliphatic rings. The summed E-state index contributed by atoms with van der Waals surface area (Å²) in [4.78, 5) is 4.40. The van der Waals surface area contributed by atoms with E-state index in [4.69, 9.17) is 4.74 Å². The maximum Gasteiger partial charge on any atom is 0.118 e. The minimum Gasteiger partial charge on any atom is -0.508 e.